The number of hydrogen-bond donors (Lipinski definition) is 0. The molecule has 0 rings (SSSR count). The van der Waals surface area contributed by atoms with Crippen molar-refractivity contribution in [2.24, 2.45) is 35.5 Å². The first kappa shape index (κ1) is 28.5. The first-order chi connectivity index (χ1) is 13.3. The van der Waals surface area contributed by atoms with Gasteiger partial charge < -0.3 is 0 Å². The molecule has 1 heteroatoms. The van der Waals surface area contributed by atoms with E-state index >= 15 is 0 Å². The van der Waals surface area contributed by atoms with Crippen LogP contribution in [0.5, 0.6) is 0 Å². The van der Waals surface area contributed by atoms with Crippen molar-refractivity contribution in [1.82, 2.24) is 0 Å². The molecule has 6 atom stereocenters. The molecule has 0 fully saturated rings. The van der Waals surface area contributed by atoms with Gasteiger partial charge in [-0.05, 0) is 17.8 Å². The van der Waals surface area contributed by atoms with Crippen molar-refractivity contribution in [3.63, 3.8) is 0 Å². The second-order valence-electron chi connectivity index (χ2n) is 10.9. The van der Waals surface area contributed by atoms with E-state index in [2.05, 4.69) is 62.3 Å². The van der Waals surface area contributed by atoms with Crippen molar-refractivity contribution in [2.75, 3.05) is 0 Å². The first-order valence-corrected chi connectivity index (χ1v) is 15.7. The molecular weight excluding hydrogens is 351 g/mol. The molecule has 28 heavy (non-hydrogen) atoms. The quantitative estimate of drug-likeness (QED) is 0.198. The zero-order chi connectivity index (χ0) is 21.5. The molecule has 0 radical (unpaired) electrons. The fraction of sp³-hybridized carbons (Fsp3) is 1.00. The average molecular weight is 409 g/mol. The summed E-state index contributed by atoms with van der Waals surface area (Å²) in [7, 11) is 0. The fourth-order valence-corrected chi connectivity index (χ4v) is 10.1. The van der Waals surface area contributed by atoms with Crippen molar-refractivity contribution < 1.29 is 0 Å². The normalized spacial score (nSPS) is 18.3. The van der Waals surface area contributed by atoms with Crippen molar-refractivity contribution in [2.45, 2.75) is 136 Å². The summed E-state index contributed by atoms with van der Waals surface area (Å²) in [6, 6.07) is 0. The lowest BCUT2D eigenvalue weighted by Crippen LogP contribution is -2.27. The predicted molar refractivity (Wildman–Crippen MR) is 134 cm³/mol. The predicted octanol–water partition coefficient (Wildman–Crippen LogP) is 9.87. The Hall–Kier alpha value is 0.532. The highest BCUT2D eigenvalue weighted by molar-refractivity contribution is 6.59. The Bertz CT molecular complexity index is 287. The lowest BCUT2D eigenvalue weighted by molar-refractivity contribution is 0.355. The minimum absolute atomic E-state index is 0.677. The molecule has 0 aliphatic heterocycles. The van der Waals surface area contributed by atoms with Gasteiger partial charge in [-0.25, -0.2) is 0 Å². The van der Waals surface area contributed by atoms with Gasteiger partial charge >= 0.3 is 0 Å². The summed E-state index contributed by atoms with van der Waals surface area (Å²) in [4.78, 5) is 0. The maximum absolute atomic E-state index is 2.58. The Labute approximate surface area is 185 Å². The molecule has 168 valence electrons. The molecular formula is C27H57Al. The standard InChI is InChI=1S/3C9H19.Al/c3*1-5-6-7-9(4)8(2)3;/h3*8-9H,2,5-7H2,1,3-4H3;. The Kier molecular flexibility index (Phi) is 17.6. The van der Waals surface area contributed by atoms with Gasteiger partial charge in [-0.2, -0.15) is 0 Å². The van der Waals surface area contributed by atoms with Crippen LogP contribution in [0.4, 0.5) is 0 Å². The molecule has 0 aromatic rings. The summed E-state index contributed by atoms with van der Waals surface area (Å²) in [5.74, 6) is 5.61. The van der Waals surface area contributed by atoms with E-state index in [-0.39, 0.29) is 0 Å². The third-order valence-electron chi connectivity index (χ3n) is 8.07. The molecule has 0 bridgehead atoms. The van der Waals surface area contributed by atoms with Crippen molar-refractivity contribution in [3.8, 4) is 0 Å². The number of rotatable bonds is 18. The fourth-order valence-electron chi connectivity index (χ4n) is 4.99. The highest BCUT2D eigenvalue weighted by atomic mass is 27.2. The van der Waals surface area contributed by atoms with Gasteiger partial charge in [0.15, 0.2) is 0 Å². The molecule has 0 saturated heterocycles. The van der Waals surface area contributed by atoms with Crippen LogP contribution in [0.2, 0.25) is 15.8 Å². The number of unbranched alkanes of at least 4 members (excludes halogenated alkanes) is 3. The Balaban J connectivity index is 4.88. The van der Waals surface area contributed by atoms with Gasteiger partial charge in [0, 0.05) is 0 Å². The monoisotopic (exact) mass is 408 g/mol. The first-order valence-electron chi connectivity index (χ1n) is 13.3. The molecule has 0 aromatic carbocycles. The Morgan fingerprint density at radius 1 is 0.429 bits per heavy atom. The highest BCUT2D eigenvalue weighted by Crippen LogP contribution is 2.33. The summed E-state index contributed by atoms with van der Waals surface area (Å²) >= 11 is -0.677. The molecule has 6 unspecified atom stereocenters. The molecule has 0 aromatic heterocycles. The van der Waals surface area contributed by atoms with Gasteiger partial charge in [0.05, 0.1) is 0 Å². The molecule has 0 aliphatic carbocycles. The van der Waals surface area contributed by atoms with Crippen LogP contribution in [0, 0.1) is 35.5 Å². The van der Waals surface area contributed by atoms with Crippen LogP contribution in [-0.4, -0.2) is 14.1 Å². The lowest BCUT2D eigenvalue weighted by Gasteiger charge is -2.30. The molecule has 0 amide bonds. The summed E-state index contributed by atoms with van der Waals surface area (Å²) in [6.07, 6.45) is 12.7. The number of hydrogen-bond acceptors (Lipinski definition) is 0. The lowest BCUT2D eigenvalue weighted by atomic mass is 9.92. The van der Waals surface area contributed by atoms with E-state index in [1.165, 1.54) is 57.8 Å². The molecule has 0 N–H and O–H groups in total. The largest absolute Gasteiger partial charge is 0.262 e. The molecule has 0 heterocycles. The van der Waals surface area contributed by atoms with Gasteiger partial charge in [-0.1, -0.05) is 154 Å². The van der Waals surface area contributed by atoms with Crippen LogP contribution in [0.25, 0.3) is 0 Å². The third-order valence-corrected chi connectivity index (χ3v) is 12.3. The third kappa shape index (κ3) is 13.0. The zero-order valence-electron chi connectivity index (χ0n) is 21.5. The van der Waals surface area contributed by atoms with Crippen LogP contribution >= 0.6 is 0 Å². The summed E-state index contributed by atoms with van der Waals surface area (Å²) in [6.45, 7) is 22.4. The molecule has 0 spiro atoms. The van der Waals surface area contributed by atoms with Gasteiger partial charge in [0.1, 0.15) is 0 Å². The van der Waals surface area contributed by atoms with E-state index in [0.717, 1.165) is 35.5 Å². The second kappa shape index (κ2) is 17.2. The minimum Gasteiger partial charge on any atom is -0.0910 e. The Morgan fingerprint density at radius 3 is 0.893 bits per heavy atom. The smallest absolute Gasteiger partial charge is 0.0910 e. The van der Waals surface area contributed by atoms with Crippen LogP contribution < -0.4 is 0 Å². The van der Waals surface area contributed by atoms with Crippen LogP contribution in [-0.2, 0) is 0 Å². The SMILES string of the molecule is CCCCC(C)C(C)[CH2][Al]([CH2]C(C)C(C)CCCC)[CH2]C(C)C(C)CCCC. The van der Waals surface area contributed by atoms with Crippen LogP contribution in [0.15, 0.2) is 0 Å². The summed E-state index contributed by atoms with van der Waals surface area (Å²) < 4.78 is 0. The molecule has 0 nitrogen and oxygen atoms in total. The Morgan fingerprint density at radius 2 is 0.679 bits per heavy atom. The zero-order valence-corrected chi connectivity index (χ0v) is 22.7. The molecule has 0 saturated carbocycles. The van der Waals surface area contributed by atoms with E-state index in [4.69, 9.17) is 0 Å². The van der Waals surface area contributed by atoms with Crippen molar-refractivity contribution in [1.29, 1.82) is 0 Å². The maximum Gasteiger partial charge on any atom is 0.262 e. The average Bonchev–Trinajstić information content (AvgIpc) is 2.67. The topological polar surface area (TPSA) is 0 Å². The van der Waals surface area contributed by atoms with E-state index in [1.54, 1.807) is 15.8 Å². The van der Waals surface area contributed by atoms with Gasteiger partial charge in [-0.15, -0.1) is 0 Å². The van der Waals surface area contributed by atoms with E-state index in [9.17, 15) is 0 Å². The van der Waals surface area contributed by atoms with Crippen LogP contribution in [0.1, 0.15) is 120 Å². The summed E-state index contributed by atoms with van der Waals surface area (Å²) in [5.41, 5.74) is 0. The van der Waals surface area contributed by atoms with Gasteiger partial charge in [0.25, 0.3) is 14.1 Å². The minimum atomic E-state index is -0.677. The van der Waals surface area contributed by atoms with Crippen LogP contribution in [0.3, 0.4) is 0 Å². The highest BCUT2D eigenvalue weighted by Gasteiger charge is 2.29. The maximum atomic E-state index is 2.58. The molecule has 0 aliphatic rings. The van der Waals surface area contributed by atoms with E-state index < -0.39 is 14.1 Å². The van der Waals surface area contributed by atoms with E-state index in [1.807, 2.05) is 0 Å². The second-order valence-corrected chi connectivity index (χ2v) is 14.0. The van der Waals surface area contributed by atoms with Crippen molar-refractivity contribution >= 4 is 14.1 Å². The van der Waals surface area contributed by atoms with Crippen molar-refractivity contribution in [3.05, 3.63) is 0 Å². The summed E-state index contributed by atoms with van der Waals surface area (Å²) in [5, 5.41) is 4.79. The van der Waals surface area contributed by atoms with E-state index in [0.29, 0.717) is 0 Å². The van der Waals surface area contributed by atoms with Gasteiger partial charge in [-0.3, -0.25) is 0 Å². The van der Waals surface area contributed by atoms with Gasteiger partial charge in [0.2, 0.25) is 0 Å².